The monoisotopic (exact) mass is 327 g/mol. The normalized spacial score (nSPS) is 15.8. The minimum absolute atomic E-state index is 0.0651. The highest BCUT2D eigenvalue weighted by Gasteiger charge is 2.17. The Bertz CT molecular complexity index is 738. The maximum absolute atomic E-state index is 12.8. The molecule has 1 unspecified atom stereocenters. The first-order valence-electron chi connectivity index (χ1n) is 8.86. The van der Waals surface area contributed by atoms with E-state index in [2.05, 4.69) is 30.7 Å². The first kappa shape index (κ1) is 16.8. The molecule has 129 valence electrons. The second kappa shape index (κ2) is 7.24. The second-order valence-corrected chi connectivity index (χ2v) is 7.17. The Balaban J connectivity index is 1.97. The number of anilines is 1. The van der Waals surface area contributed by atoms with E-state index in [0.717, 1.165) is 30.5 Å². The molecule has 24 heavy (non-hydrogen) atoms. The Kier molecular flexibility index (Phi) is 5.07. The molecule has 0 spiro atoms. The molecule has 1 saturated carbocycles. The van der Waals surface area contributed by atoms with Crippen LogP contribution >= 0.6 is 0 Å². The van der Waals surface area contributed by atoms with Gasteiger partial charge in [-0.05, 0) is 31.2 Å². The van der Waals surface area contributed by atoms with Gasteiger partial charge in [-0.15, -0.1) is 0 Å². The largest absolute Gasteiger partial charge is 0.378 e. The average molecular weight is 327 g/mol. The topological polar surface area (TPSA) is 51.9 Å². The van der Waals surface area contributed by atoms with Crippen molar-refractivity contribution in [3.63, 3.8) is 0 Å². The third kappa shape index (κ3) is 3.89. The molecule has 0 saturated heterocycles. The van der Waals surface area contributed by atoms with Gasteiger partial charge in [0.15, 0.2) is 0 Å². The molecule has 0 aromatic carbocycles. The zero-order valence-corrected chi connectivity index (χ0v) is 14.8. The molecule has 0 aliphatic heterocycles. The van der Waals surface area contributed by atoms with Crippen molar-refractivity contribution in [2.24, 2.45) is 13.0 Å². The molecule has 5 heteroatoms. The fraction of sp³-hybridized carbons (Fsp3) is 0.526. The van der Waals surface area contributed by atoms with Crippen LogP contribution in [0.3, 0.4) is 0 Å². The summed E-state index contributed by atoms with van der Waals surface area (Å²) in [5, 5.41) is 7.72. The molecule has 2 aromatic heterocycles. The third-order valence-corrected chi connectivity index (χ3v) is 4.45. The van der Waals surface area contributed by atoms with E-state index in [1.807, 2.05) is 36.3 Å². The van der Waals surface area contributed by atoms with Crippen LogP contribution in [0.1, 0.15) is 39.5 Å². The highest BCUT2D eigenvalue weighted by molar-refractivity contribution is 5.65. The van der Waals surface area contributed by atoms with E-state index in [1.165, 1.54) is 12.8 Å². The van der Waals surface area contributed by atoms with Crippen molar-refractivity contribution < 1.29 is 0 Å². The SMILES string of the molecule is CC(C)Cn1cc(-c2cnn(C)c2)cc(NC2[CH]CCCC2)c1=O. The van der Waals surface area contributed by atoms with E-state index < -0.39 is 0 Å². The molecule has 5 nitrogen and oxygen atoms in total. The molecule has 2 aromatic rings. The van der Waals surface area contributed by atoms with Crippen LogP contribution in [0.2, 0.25) is 0 Å². The van der Waals surface area contributed by atoms with Gasteiger partial charge in [-0.1, -0.05) is 26.7 Å². The summed E-state index contributed by atoms with van der Waals surface area (Å²) in [4.78, 5) is 12.8. The van der Waals surface area contributed by atoms with Crippen LogP contribution in [-0.4, -0.2) is 20.4 Å². The minimum Gasteiger partial charge on any atom is -0.378 e. The number of hydrogen-bond acceptors (Lipinski definition) is 3. The molecule has 0 amide bonds. The summed E-state index contributed by atoms with van der Waals surface area (Å²) in [5.74, 6) is 0.418. The standard InChI is InChI=1S/C19H27N4O/c1-14(2)11-23-13-15(16-10-20-22(3)12-16)9-18(19(23)24)21-17-7-5-4-6-8-17/h7,9-10,12-14,17,21H,4-6,8,11H2,1-3H3. The molecule has 0 bridgehead atoms. The lowest BCUT2D eigenvalue weighted by Gasteiger charge is -2.24. The van der Waals surface area contributed by atoms with Crippen LogP contribution in [0.25, 0.3) is 11.1 Å². The summed E-state index contributed by atoms with van der Waals surface area (Å²) in [6, 6.07) is 2.27. The molecule has 1 radical (unpaired) electrons. The predicted octanol–water partition coefficient (Wildman–Crippen LogP) is 3.46. The lowest BCUT2D eigenvalue weighted by molar-refractivity contribution is 0.510. The van der Waals surface area contributed by atoms with E-state index in [9.17, 15) is 4.79 Å². The van der Waals surface area contributed by atoms with Crippen molar-refractivity contribution in [1.29, 1.82) is 0 Å². The molecule has 3 rings (SSSR count). The van der Waals surface area contributed by atoms with Crippen LogP contribution in [0.4, 0.5) is 5.69 Å². The van der Waals surface area contributed by atoms with Crippen molar-refractivity contribution in [3.05, 3.63) is 41.4 Å². The average Bonchev–Trinajstić information content (AvgIpc) is 2.98. The van der Waals surface area contributed by atoms with Crippen LogP contribution < -0.4 is 10.9 Å². The maximum atomic E-state index is 12.8. The van der Waals surface area contributed by atoms with Crippen LogP contribution in [-0.2, 0) is 13.6 Å². The van der Waals surface area contributed by atoms with Gasteiger partial charge in [0, 0.05) is 43.2 Å². The van der Waals surface area contributed by atoms with E-state index in [-0.39, 0.29) is 5.56 Å². The highest BCUT2D eigenvalue weighted by Crippen LogP contribution is 2.23. The number of aryl methyl sites for hydroxylation is 1. The molecular formula is C19H27N4O. The van der Waals surface area contributed by atoms with Gasteiger partial charge in [-0.2, -0.15) is 5.10 Å². The van der Waals surface area contributed by atoms with Crippen LogP contribution in [0.5, 0.6) is 0 Å². The Morgan fingerprint density at radius 2 is 2.12 bits per heavy atom. The van der Waals surface area contributed by atoms with Crippen molar-refractivity contribution in [3.8, 4) is 11.1 Å². The Hall–Kier alpha value is -2.04. The summed E-state index contributed by atoms with van der Waals surface area (Å²) in [6.45, 7) is 4.98. The molecule has 1 aliphatic rings. The van der Waals surface area contributed by atoms with Gasteiger partial charge in [-0.25, -0.2) is 0 Å². The van der Waals surface area contributed by atoms with Gasteiger partial charge in [0.1, 0.15) is 5.69 Å². The summed E-state index contributed by atoms with van der Waals surface area (Å²) >= 11 is 0. The molecular weight excluding hydrogens is 300 g/mol. The van der Waals surface area contributed by atoms with E-state index in [0.29, 0.717) is 17.6 Å². The molecule has 1 aliphatic carbocycles. The first-order valence-corrected chi connectivity index (χ1v) is 8.86. The number of aromatic nitrogens is 3. The van der Waals surface area contributed by atoms with Gasteiger partial charge in [0.25, 0.3) is 5.56 Å². The van der Waals surface area contributed by atoms with Crippen molar-refractivity contribution in [1.82, 2.24) is 14.3 Å². The van der Waals surface area contributed by atoms with E-state index >= 15 is 0 Å². The number of hydrogen-bond donors (Lipinski definition) is 1. The molecule has 1 atom stereocenters. The fourth-order valence-electron chi connectivity index (χ4n) is 3.27. The quantitative estimate of drug-likeness (QED) is 0.915. The fourth-order valence-corrected chi connectivity index (χ4v) is 3.27. The number of nitrogens with one attached hydrogen (secondary N) is 1. The number of rotatable bonds is 5. The van der Waals surface area contributed by atoms with Gasteiger partial charge in [0.2, 0.25) is 0 Å². The van der Waals surface area contributed by atoms with Crippen LogP contribution in [0, 0.1) is 12.3 Å². The lowest BCUT2D eigenvalue weighted by atomic mass is 9.95. The zero-order chi connectivity index (χ0) is 17.1. The summed E-state index contributed by atoms with van der Waals surface area (Å²) < 4.78 is 3.62. The maximum Gasteiger partial charge on any atom is 0.273 e. The van der Waals surface area contributed by atoms with E-state index in [4.69, 9.17) is 0 Å². The Morgan fingerprint density at radius 3 is 2.75 bits per heavy atom. The van der Waals surface area contributed by atoms with Gasteiger partial charge in [0.05, 0.1) is 6.20 Å². The summed E-state index contributed by atoms with van der Waals surface area (Å²) in [7, 11) is 1.91. The molecule has 1 N–H and O–H groups in total. The van der Waals surface area contributed by atoms with Gasteiger partial charge >= 0.3 is 0 Å². The zero-order valence-electron chi connectivity index (χ0n) is 14.8. The predicted molar refractivity (Wildman–Crippen MR) is 97.9 cm³/mol. The smallest absolute Gasteiger partial charge is 0.273 e. The van der Waals surface area contributed by atoms with Gasteiger partial charge < -0.3 is 9.88 Å². The second-order valence-electron chi connectivity index (χ2n) is 7.17. The van der Waals surface area contributed by atoms with Crippen molar-refractivity contribution in [2.75, 3.05) is 5.32 Å². The van der Waals surface area contributed by atoms with Gasteiger partial charge in [-0.3, -0.25) is 9.48 Å². The summed E-state index contributed by atoms with van der Waals surface area (Å²) in [5.41, 5.74) is 2.82. The minimum atomic E-state index is 0.0651. The molecule has 2 heterocycles. The van der Waals surface area contributed by atoms with Crippen molar-refractivity contribution >= 4 is 5.69 Å². The lowest BCUT2D eigenvalue weighted by Crippen LogP contribution is -2.30. The highest BCUT2D eigenvalue weighted by atomic mass is 16.1. The molecule has 1 fully saturated rings. The Morgan fingerprint density at radius 1 is 1.29 bits per heavy atom. The third-order valence-electron chi connectivity index (χ3n) is 4.45. The first-order chi connectivity index (χ1) is 11.5. The van der Waals surface area contributed by atoms with Crippen molar-refractivity contribution in [2.45, 2.75) is 52.1 Å². The van der Waals surface area contributed by atoms with Crippen LogP contribution in [0.15, 0.2) is 29.5 Å². The summed E-state index contributed by atoms with van der Waals surface area (Å²) in [6.07, 6.45) is 12.8. The Labute approximate surface area is 143 Å². The number of nitrogens with zero attached hydrogens (tertiary/aromatic N) is 3. The van der Waals surface area contributed by atoms with E-state index in [1.54, 1.807) is 4.68 Å². The number of pyridine rings is 1.